The molecule has 0 radical (unpaired) electrons. The molecule has 2 rings (SSSR count). The number of hydrogen-bond acceptors (Lipinski definition) is 5. The molecular formula is C16H19F3N4O2. The number of carbonyl (C=O) groups excluding carboxylic acids is 1. The Bertz CT molecular complexity index is 682. The third-order valence-corrected chi connectivity index (χ3v) is 3.44. The molecule has 0 fully saturated rings. The quantitative estimate of drug-likeness (QED) is 0.650. The highest BCUT2D eigenvalue weighted by Crippen LogP contribution is 2.21. The summed E-state index contributed by atoms with van der Waals surface area (Å²) in [4.78, 5) is 16.2. The second kappa shape index (κ2) is 7.04. The number of nitrogens with one attached hydrogen (secondary N) is 3. The average Bonchev–Trinajstić information content (AvgIpc) is 2.52. The van der Waals surface area contributed by atoms with Crippen LogP contribution in [-0.4, -0.2) is 35.5 Å². The molecule has 0 bridgehead atoms. The molecule has 1 aromatic carbocycles. The van der Waals surface area contributed by atoms with Crippen molar-refractivity contribution in [3.05, 3.63) is 41.7 Å². The van der Waals surface area contributed by atoms with Crippen LogP contribution in [0.25, 0.3) is 0 Å². The first kappa shape index (κ1) is 18.6. The summed E-state index contributed by atoms with van der Waals surface area (Å²) < 4.78 is 36.7. The molecule has 0 aromatic heterocycles. The maximum absolute atomic E-state index is 12.2. The fourth-order valence-corrected chi connectivity index (χ4v) is 2.13. The molecule has 1 unspecified atom stereocenters. The number of rotatable bonds is 5. The molecule has 0 aliphatic carbocycles. The number of carbonyl (C=O) groups is 1. The van der Waals surface area contributed by atoms with Crippen molar-refractivity contribution < 1.29 is 23.1 Å². The number of nitrogens with zero attached hydrogens (tertiary/aromatic N) is 1. The highest BCUT2D eigenvalue weighted by molar-refractivity contribution is 5.86. The first-order valence-corrected chi connectivity index (χ1v) is 7.49. The summed E-state index contributed by atoms with van der Waals surface area (Å²) in [6, 6.07) is 6.42. The van der Waals surface area contributed by atoms with Crippen molar-refractivity contribution >= 4 is 12.1 Å². The molecule has 1 aliphatic heterocycles. The smallest absolute Gasteiger partial charge is 0.405 e. The van der Waals surface area contributed by atoms with Crippen molar-refractivity contribution in [2.75, 3.05) is 6.54 Å². The van der Waals surface area contributed by atoms with Crippen LogP contribution < -0.4 is 16.0 Å². The van der Waals surface area contributed by atoms with Gasteiger partial charge in [0.1, 0.15) is 29.8 Å². The van der Waals surface area contributed by atoms with Crippen LogP contribution in [0.1, 0.15) is 25.6 Å². The Morgan fingerprint density at radius 3 is 2.52 bits per heavy atom. The topological polar surface area (TPSA) is 85.8 Å². The van der Waals surface area contributed by atoms with Crippen molar-refractivity contribution in [3.8, 4) is 5.75 Å². The normalized spacial score (nSPS) is 17.5. The summed E-state index contributed by atoms with van der Waals surface area (Å²) in [5.41, 5.74) is -0.491. The molecule has 0 saturated heterocycles. The molecule has 1 aliphatic rings. The van der Waals surface area contributed by atoms with Crippen molar-refractivity contribution in [1.29, 1.82) is 0 Å². The van der Waals surface area contributed by atoms with E-state index in [0.29, 0.717) is 5.82 Å². The van der Waals surface area contributed by atoms with E-state index in [0.717, 1.165) is 5.56 Å². The van der Waals surface area contributed by atoms with E-state index in [1.165, 1.54) is 32.2 Å². The predicted octanol–water partition coefficient (Wildman–Crippen LogP) is 1.95. The van der Waals surface area contributed by atoms with Crippen LogP contribution >= 0.6 is 0 Å². The number of phenolic OH excluding ortho intramolecular Hbond substituents is 1. The molecule has 136 valence electrons. The maximum Gasteiger partial charge on any atom is 0.405 e. The van der Waals surface area contributed by atoms with Crippen LogP contribution in [0.2, 0.25) is 0 Å². The number of amides is 1. The molecule has 1 amide bonds. The summed E-state index contributed by atoms with van der Waals surface area (Å²) in [5, 5.41) is 17.1. The average molecular weight is 356 g/mol. The molecule has 6 nitrogen and oxygen atoms in total. The SMILES string of the molecule is CC(C)(NC1=CC=NC(c2ccc(O)cc2)N1)C(=O)NCC(F)(F)F. The van der Waals surface area contributed by atoms with Crippen LogP contribution in [-0.2, 0) is 4.79 Å². The standard InChI is InChI=1S/C16H19F3N4O2/c1-15(2,14(25)21-9-16(17,18)19)23-12-7-8-20-13(22-12)10-3-5-11(24)6-4-10/h3-8,13,22-24H,9H2,1-2H3,(H,21,25). The van der Waals surface area contributed by atoms with E-state index in [2.05, 4.69) is 15.6 Å². The Hall–Kier alpha value is -2.71. The van der Waals surface area contributed by atoms with Gasteiger partial charge in [0.05, 0.1) is 0 Å². The number of hydrogen-bond donors (Lipinski definition) is 4. The molecule has 1 aromatic rings. The molecule has 0 saturated carbocycles. The van der Waals surface area contributed by atoms with Crippen molar-refractivity contribution in [2.45, 2.75) is 31.7 Å². The van der Waals surface area contributed by atoms with Gasteiger partial charge in [-0.2, -0.15) is 13.2 Å². The van der Waals surface area contributed by atoms with Crippen LogP contribution in [0.4, 0.5) is 13.2 Å². The maximum atomic E-state index is 12.2. The molecule has 0 spiro atoms. The Labute approximate surface area is 142 Å². The minimum atomic E-state index is -4.47. The number of benzene rings is 1. The van der Waals surface area contributed by atoms with Crippen LogP contribution in [0.3, 0.4) is 0 Å². The van der Waals surface area contributed by atoms with Gasteiger partial charge in [0.15, 0.2) is 0 Å². The van der Waals surface area contributed by atoms with Gasteiger partial charge in [-0.25, -0.2) is 0 Å². The van der Waals surface area contributed by atoms with Gasteiger partial charge in [-0.15, -0.1) is 0 Å². The lowest BCUT2D eigenvalue weighted by atomic mass is 10.0. The molecule has 4 N–H and O–H groups in total. The number of aromatic hydroxyl groups is 1. The Balaban J connectivity index is 1.99. The Morgan fingerprint density at radius 2 is 1.92 bits per heavy atom. The third-order valence-electron chi connectivity index (χ3n) is 3.44. The van der Waals surface area contributed by atoms with E-state index in [-0.39, 0.29) is 5.75 Å². The molecule has 9 heteroatoms. The van der Waals surface area contributed by atoms with Crippen molar-refractivity contribution in [2.24, 2.45) is 4.99 Å². The largest absolute Gasteiger partial charge is 0.508 e. The van der Waals surface area contributed by atoms with Gasteiger partial charge >= 0.3 is 6.18 Å². The van der Waals surface area contributed by atoms with E-state index in [1.807, 2.05) is 5.32 Å². The first-order valence-electron chi connectivity index (χ1n) is 7.49. The lowest BCUT2D eigenvalue weighted by Crippen LogP contribution is -2.55. The highest BCUT2D eigenvalue weighted by atomic mass is 19.4. The lowest BCUT2D eigenvalue weighted by Gasteiger charge is -2.31. The van der Waals surface area contributed by atoms with Gasteiger partial charge in [0, 0.05) is 6.21 Å². The van der Waals surface area contributed by atoms with Gasteiger partial charge in [0.2, 0.25) is 5.91 Å². The monoisotopic (exact) mass is 356 g/mol. The summed E-state index contributed by atoms with van der Waals surface area (Å²) in [7, 11) is 0. The van der Waals surface area contributed by atoms with E-state index < -0.39 is 30.3 Å². The predicted molar refractivity (Wildman–Crippen MR) is 86.8 cm³/mol. The van der Waals surface area contributed by atoms with Gasteiger partial charge in [-0.1, -0.05) is 12.1 Å². The zero-order valence-electron chi connectivity index (χ0n) is 13.7. The first-order chi connectivity index (χ1) is 11.6. The number of alkyl halides is 3. The minimum Gasteiger partial charge on any atom is -0.508 e. The zero-order chi connectivity index (χ0) is 18.7. The fourth-order valence-electron chi connectivity index (χ4n) is 2.13. The van der Waals surface area contributed by atoms with E-state index in [4.69, 9.17) is 0 Å². The molecule has 1 atom stereocenters. The van der Waals surface area contributed by atoms with Crippen molar-refractivity contribution in [1.82, 2.24) is 16.0 Å². The molecular weight excluding hydrogens is 337 g/mol. The van der Waals surface area contributed by atoms with Crippen molar-refractivity contribution in [3.63, 3.8) is 0 Å². The minimum absolute atomic E-state index is 0.125. The third kappa shape index (κ3) is 5.40. The molecule has 25 heavy (non-hydrogen) atoms. The second-order valence-corrected chi connectivity index (χ2v) is 6.06. The fraction of sp³-hybridized carbons (Fsp3) is 0.375. The zero-order valence-corrected chi connectivity index (χ0v) is 13.7. The number of allylic oxidation sites excluding steroid dienone is 1. The number of phenols is 1. The van der Waals surface area contributed by atoms with Gasteiger partial charge in [0.25, 0.3) is 0 Å². The number of aliphatic imine (C=N–C) groups is 1. The summed E-state index contributed by atoms with van der Waals surface area (Å²) in [6.45, 7) is 1.56. The van der Waals surface area contributed by atoms with Gasteiger partial charge < -0.3 is 21.1 Å². The molecule has 1 heterocycles. The number of halogens is 3. The summed E-state index contributed by atoms with van der Waals surface area (Å²) in [5.74, 6) is -0.212. The Kier molecular flexibility index (Phi) is 5.24. The van der Waals surface area contributed by atoms with E-state index >= 15 is 0 Å². The lowest BCUT2D eigenvalue weighted by molar-refractivity contribution is -0.141. The second-order valence-electron chi connectivity index (χ2n) is 6.06. The highest BCUT2D eigenvalue weighted by Gasteiger charge is 2.33. The van der Waals surface area contributed by atoms with Crippen LogP contribution in [0.5, 0.6) is 5.75 Å². The summed E-state index contributed by atoms with van der Waals surface area (Å²) >= 11 is 0. The van der Waals surface area contributed by atoms with Crippen LogP contribution in [0.15, 0.2) is 41.2 Å². The van der Waals surface area contributed by atoms with Gasteiger partial charge in [-0.3, -0.25) is 9.79 Å². The van der Waals surface area contributed by atoms with E-state index in [9.17, 15) is 23.1 Å². The van der Waals surface area contributed by atoms with Gasteiger partial charge in [-0.05, 0) is 37.6 Å². The van der Waals surface area contributed by atoms with E-state index in [1.54, 1.807) is 18.2 Å². The van der Waals surface area contributed by atoms with Crippen LogP contribution in [0, 0.1) is 0 Å². The Morgan fingerprint density at radius 1 is 1.28 bits per heavy atom. The summed E-state index contributed by atoms with van der Waals surface area (Å²) in [6.07, 6.45) is -1.80.